The lowest BCUT2D eigenvalue weighted by Gasteiger charge is -2.00. The fraction of sp³-hybridized carbons (Fsp3) is 0.0909. The van der Waals surface area contributed by atoms with E-state index < -0.39 is 0 Å². The molecule has 76 valence electrons. The van der Waals surface area contributed by atoms with Crippen molar-refractivity contribution >= 4 is 29.4 Å². The van der Waals surface area contributed by atoms with Crippen LogP contribution in [0.5, 0.6) is 0 Å². The van der Waals surface area contributed by atoms with Gasteiger partial charge in [0.15, 0.2) is 10.6 Å². The molecule has 4 heteroatoms. The highest BCUT2D eigenvalue weighted by Crippen LogP contribution is 2.31. The Labute approximate surface area is 96.4 Å². The van der Waals surface area contributed by atoms with Gasteiger partial charge >= 0.3 is 0 Å². The molecule has 0 N–H and O–H groups in total. The first-order valence-corrected chi connectivity index (χ1v) is 6.13. The van der Waals surface area contributed by atoms with Crippen molar-refractivity contribution in [1.82, 2.24) is 4.98 Å². The van der Waals surface area contributed by atoms with E-state index in [4.69, 9.17) is 0 Å². The van der Waals surface area contributed by atoms with E-state index in [2.05, 4.69) is 4.98 Å². The second kappa shape index (κ2) is 4.59. The number of hydrogen-bond acceptors (Lipinski definition) is 4. The van der Waals surface area contributed by atoms with Crippen LogP contribution in [0, 0.1) is 6.92 Å². The van der Waals surface area contributed by atoms with E-state index in [0.29, 0.717) is 0 Å². The van der Waals surface area contributed by atoms with Gasteiger partial charge in [0.2, 0.25) is 0 Å². The zero-order valence-corrected chi connectivity index (χ0v) is 9.77. The number of nitrogens with zero attached hydrogens (tertiary/aromatic N) is 1. The summed E-state index contributed by atoms with van der Waals surface area (Å²) in [6.45, 7) is 1.96. The molecule has 0 bridgehead atoms. The van der Waals surface area contributed by atoms with Crippen LogP contribution in [0.2, 0.25) is 0 Å². The molecule has 0 aliphatic carbocycles. The minimum atomic E-state index is 0.718. The van der Waals surface area contributed by atoms with Crippen LogP contribution < -0.4 is 0 Å². The Hall–Kier alpha value is -1.13. The van der Waals surface area contributed by atoms with Gasteiger partial charge < -0.3 is 0 Å². The number of carbonyl (C=O) groups is 1. The first-order valence-electron chi connectivity index (χ1n) is 4.44. The first-order chi connectivity index (χ1) is 7.29. The minimum absolute atomic E-state index is 0.718. The Morgan fingerprint density at radius 3 is 2.87 bits per heavy atom. The molecule has 0 unspecified atom stereocenters. The normalized spacial score (nSPS) is 10.2. The molecule has 2 rings (SSSR count). The zero-order chi connectivity index (χ0) is 10.7. The Kier molecular flexibility index (Phi) is 3.18. The van der Waals surface area contributed by atoms with Crippen LogP contribution in [0.1, 0.15) is 16.1 Å². The van der Waals surface area contributed by atoms with E-state index in [1.807, 2.05) is 36.6 Å². The second-order valence-corrected chi connectivity index (χ2v) is 5.16. The molecule has 15 heavy (non-hydrogen) atoms. The van der Waals surface area contributed by atoms with Gasteiger partial charge in [-0.1, -0.05) is 30.0 Å². The average Bonchev–Trinajstić information content (AvgIpc) is 2.65. The molecule has 1 aromatic heterocycles. The number of benzene rings is 1. The number of carbonyl (C=O) groups excluding carboxylic acids is 1. The number of rotatable bonds is 3. The number of aryl methyl sites for hydroxylation is 1. The van der Waals surface area contributed by atoms with Crippen molar-refractivity contribution in [3.05, 3.63) is 40.9 Å². The maximum absolute atomic E-state index is 10.8. The molecule has 0 spiro atoms. The average molecular weight is 235 g/mol. The Morgan fingerprint density at radius 1 is 1.40 bits per heavy atom. The molecule has 0 atom stereocenters. The van der Waals surface area contributed by atoms with Crippen LogP contribution in [0.4, 0.5) is 0 Å². The maximum atomic E-state index is 10.8. The lowest BCUT2D eigenvalue weighted by atomic mass is 10.2. The molecule has 0 saturated heterocycles. The predicted octanol–water partition coefficient (Wildman–Crippen LogP) is 3.42. The molecule has 0 aliphatic heterocycles. The third-order valence-corrected chi connectivity index (χ3v) is 3.99. The molecule has 0 fully saturated rings. The smallest absolute Gasteiger partial charge is 0.154 e. The second-order valence-electron chi connectivity index (χ2n) is 3.01. The molecule has 1 heterocycles. The number of aromatic nitrogens is 1. The van der Waals surface area contributed by atoms with Crippen molar-refractivity contribution in [1.29, 1.82) is 0 Å². The summed E-state index contributed by atoms with van der Waals surface area (Å²) in [7, 11) is 0. The Morgan fingerprint density at radius 2 is 2.20 bits per heavy atom. The van der Waals surface area contributed by atoms with Gasteiger partial charge in [0, 0.05) is 21.5 Å². The lowest BCUT2D eigenvalue weighted by molar-refractivity contribution is 0.112. The van der Waals surface area contributed by atoms with Crippen molar-refractivity contribution in [3.8, 4) is 0 Å². The molecule has 0 radical (unpaired) electrons. The highest BCUT2D eigenvalue weighted by atomic mass is 32.2. The Bertz CT molecular complexity index is 479. The summed E-state index contributed by atoms with van der Waals surface area (Å²) in [5.74, 6) is 0. The highest BCUT2D eigenvalue weighted by Gasteiger charge is 2.05. The predicted molar refractivity (Wildman–Crippen MR) is 62.8 cm³/mol. The minimum Gasteiger partial charge on any atom is -0.298 e. The van der Waals surface area contributed by atoms with Crippen LogP contribution in [-0.2, 0) is 0 Å². The standard InChI is InChI=1S/C11H9NOS2/c1-8-7-14-11(12-8)15-10-5-3-2-4-9(10)6-13/h2-7H,1H3. The fourth-order valence-corrected chi connectivity index (χ4v) is 3.03. The largest absolute Gasteiger partial charge is 0.298 e. The fourth-order valence-electron chi connectivity index (χ4n) is 1.14. The summed E-state index contributed by atoms with van der Waals surface area (Å²) >= 11 is 3.14. The SMILES string of the molecule is Cc1csc(Sc2ccccc2C=O)n1. The summed E-state index contributed by atoms with van der Waals surface area (Å²) in [4.78, 5) is 16.1. The summed E-state index contributed by atoms with van der Waals surface area (Å²) in [6.07, 6.45) is 0.878. The van der Waals surface area contributed by atoms with Crippen LogP contribution in [0.3, 0.4) is 0 Å². The molecule has 2 nitrogen and oxygen atoms in total. The van der Waals surface area contributed by atoms with E-state index >= 15 is 0 Å². The van der Waals surface area contributed by atoms with Crippen LogP contribution >= 0.6 is 23.1 Å². The quantitative estimate of drug-likeness (QED) is 0.764. The molecule has 0 saturated carbocycles. The van der Waals surface area contributed by atoms with Gasteiger partial charge in [-0.25, -0.2) is 4.98 Å². The molecule has 0 amide bonds. The van der Waals surface area contributed by atoms with Crippen molar-refractivity contribution < 1.29 is 4.79 Å². The Balaban J connectivity index is 2.27. The van der Waals surface area contributed by atoms with Crippen LogP contribution in [0.25, 0.3) is 0 Å². The number of hydrogen-bond donors (Lipinski definition) is 0. The maximum Gasteiger partial charge on any atom is 0.154 e. The van der Waals surface area contributed by atoms with Crippen molar-refractivity contribution in [3.63, 3.8) is 0 Å². The summed E-state index contributed by atoms with van der Waals surface area (Å²) in [5.41, 5.74) is 1.74. The van der Waals surface area contributed by atoms with Gasteiger partial charge in [0.25, 0.3) is 0 Å². The van der Waals surface area contributed by atoms with Crippen molar-refractivity contribution in [2.75, 3.05) is 0 Å². The van der Waals surface area contributed by atoms with Gasteiger partial charge in [-0.15, -0.1) is 11.3 Å². The monoisotopic (exact) mass is 235 g/mol. The van der Waals surface area contributed by atoms with E-state index in [-0.39, 0.29) is 0 Å². The molecule has 1 aromatic carbocycles. The van der Waals surface area contributed by atoms with Gasteiger partial charge in [-0.2, -0.15) is 0 Å². The summed E-state index contributed by atoms with van der Waals surface area (Å²) < 4.78 is 0.974. The van der Waals surface area contributed by atoms with Gasteiger partial charge in [0.1, 0.15) is 0 Å². The first kappa shape index (κ1) is 10.4. The third-order valence-electron chi connectivity index (χ3n) is 1.84. The van der Waals surface area contributed by atoms with Gasteiger partial charge in [-0.3, -0.25) is 4.79 Å². The zero-order valence-electron chi connectivity index (χ0n) is 8.14. The van der Waals surface area contributed by atoms with Crippen LogP contribution in [-0.4, -0.2) is 11.3 Å². The van der Waals surface area contributed by atoms with Gasteiger partial charge in [-0.05, 0) is 13.0 Å². The lowest BCUT2D eigenvalue weighted by Crippen LogP contribution is -1.83. The molecular formula is C11H9NOS2. The molecular weight excluding hydrogens is 226 g/mol. The topological polar surface area (TPSA) is 30.0 Å². The van der Waals surface area contributed by atoms with E-state index in [1.165, 1.54) is 11.8 Å². The van der Waals surface area contributed by atoms with Crippen LogP contribution in [0.15, 0.2) is 38.9 Å². The van der Waals surface area contributed by atoms with Crippen molar-refractivity contribution in [2.45, 2.75) is 16.2 Å². The van der Waals surface area contributed by atoms with E-state index in [0.717, 1.165) is 26.8 Å². The van der Waals surface area contributed by atoms with E-state index in [9.17, 15) is 4.79 Å². The summed E-state index contributed by atoms with van der Waals surface area (Å²) in [5, 5.41) is 2.01. The number of aldehydes is 1. The summed E-state index contributed by atoms with van der Waals surface area (Å²) in [6, 6.07) is 7.54. The van der Waals surface area contributed by atoms with E-state index in [1.54, 1.807) is 11.3 Å². The molecule has 0 aliphatic rings. The third kappa shape index (κ3) is 2.46. The highest BCUT2D eigenvalue weighted by molar-refractivity contribution is 8.01. The van der Waals surface area contributed by atoms with Gasteiger partial charge in [0.05, 0.1) is 0 Å². The van der Waals surface area contributed by atoms with Crippen molar-refractivity contribution in [2.24, 2.45) is 0 Å². The molecule has 2 aromatic rings. The number of thiazole rings is 1.